The Morgan fingerprint density at radius 2 is 2.03 bits per heavy atom. The fourth-order valence-electron chi connectivity index (χ4n) is 4.66. The molecule has 2 aliphatic rings. The monoisotopic (exact) mass is 424 g/mol. The van der Waals surface area contributed by atoms with Gasteiger partial charge in [-0.1, -0.05) is 11.6 Å². The average molecular weight is 425 g/mol. The van der Waals surface area contributed by atoms with Crippen LogP contribution in [0.3, 0.4) is 0 Å². The first kappa shape index (κ1) is 19.4. The molecule has 4 heterocycles. The summed E-state index contributed by atoms with van der Waals surface area (Å²) in [5.74, 6) is 0.835. The fourth-order valence-corrected chi connectivity index (χ4v) is 4.91. The lowest BCUT2D eigenvalue weighted by Crippen LogP contribution is -2.48. The van der Waals surface area contributed by atoms with Crippen LogP contribution in [0.15, 0.2) is 36.7 Å². The van der Waals surface area contributed by atoms with Gasteiger partial charge in [-0.25, -0.2) is 4.98 Å². The number of hydrogen-bond donors (Lipinski definition) is 1. The number of benzene rings is 1. The zero-order valence-electron chi connectivity index (χ0n) is 17.2. The molecule has 1 aromatic carbocycles. The van der Waals surface area contributed by atoms with Gasteiger partial charge in [0.15, 0.2) is 6.10 Å². The number of rotatable bonds is 3. The van der Waals surface area contributed by atoms with Crippen molar-refractivity contribution in [2.45, 2.75) is 31.4 Å². The van der Waals surface area contributed by atoms with Gasteiger partial charge in [0.05, 0.1) is 0 Å². The van der Waals surface area contributed by atoms with Gasteiger partial charge in [0.2, 0.25) is 0 Å². The number of amides is 1. The highest BCUT2D eigenvalue weighted by Crippen LogP contribution is 2.43. The van der Waals surface area contributed by atoms with Gasteiger partial charge in [-0.15, -0.1) is 0 Å². The third-order valence-corrected chi connectivity index (χ3v) is 6.55. The maximum Gasteiger partial charge on any atom is 0.263 e. The number of nitrogens with zero attached hydrogens (tertiary/aromatic N) is 3. The molecule has 1 atom stereocenters. The molecular weight excluding hydrogens is 400 g/mol. The number of carbonyl (C=O) groups is 1. The average Bonchev–Trinajstić information content (AvgIpc) is 3.39. The number of aromatic nitrogens is 2. The number of pyridine rings is 1. The highest BCUT2D eigenvalue weighted by Gasteiger charge is 2.36. The summed E-state index contributed by atoms with van der Waals surface area (Å²) < 4.78 is 6.27. The lowest BCUT2D eigenvalue weighted by molar-refractivity contribution is -0.139. The summed E-state index contributed by atoms with van der Waals surface area (Å²) in [5, 5.41) is 1.65. The van der Waals surface area contributed by atoms with E-state index in [2.05, 4.69) is 29.0 Å². The van der Waals surface area contributed by atoms with Crippen molar-refractivity contribution in [3.63, 3.8) is 0 Å². The Morgan fingerprint density at radius 1 is 1.23 bits per heavy atom. The number of aromatic amines is 1. The molecule has 5 rings (SSSR count). The van der Waals surface area contributed by atoms with Crippen LogP contribution in [0.4, 0.5) is 0 Å². The fraction of sp³-hybridized carbons (Fsp3) is 0.391. The molecule has 0 bridgehead atoms. The minimum atomic E-state index is -0.489. The van der Waals surface area contributed by atoms with E-state index in [4.69, 9.17) is 16.3 Å². The second-order valence-corrected chi connectivity index (χ2v) is 8.81. The highest BCUT2D eigenvalue weighted by atomic mass is 35.5. The van der Waals surface area contributed by atoms with Crippen molar-refractivity contribution in [1.82, 2.24) is 19.8 Å². The van der Waals surface area contributed by atoms with Gasteiger partial charge in [-0.2, -0.15) is 0 Å². The molecule has 2 aromatic heterocycles. The molecule has 1 N–H and O–H groups in total. The number of likely N-dealkylation sites (tertiary alicyclic amines) is 1. The number of ether oxygens (including phenoxy) is 1. The van der Waals surface area contributed by atoms with Gasteiger partial charge >= 0.3 is 0 Å². The number of fused-ring (bicyclic) bond motifs is 2. The number of hydrogen-bond acceptors (Lipinski definition) is 4. The van der Waals surface area contributed by atoms with Crippen LogP contribution in [0, 0.1) is 0 Å². The van der Waals surface area contributed by atoms with Crippen molar-refractivity contribution in [3.8, 4) is 16.9 Å². The Labute approximate surface area is 180 Å². The molecular formula is C23H25ClN4O2. The SMILES string of the molecule is CN(C)C1CCN(C(=O)[C@H]2Cc3cc(Cl)cc(-c4ccnc5[nH]ccc45)c3O2)CC1. The zero-order valence-corrected chi connectivity index (χ0v) is 17.9. The normalized spacial score (nSPS) is 19.3. The van der Waals surface area contributed by atoms with E-state index in [9.17, 15) is 4.79 Å². The highest BCUT2D eigenvalue weighted by molar-refractivity contribution is 6.31. The van der Waals surface area contributed by atoms with Gasteiger partial charge in [0.1, 0.15) is 11.4 Å². The zero-order chi connectivity index (χ0) is 20.8. The third kappa shape index (κ3) is 3.34. The quantitative estimate of drug-likeness (QED) is 0.695. The van der Waals surface area contributed by atoms with E-state index < -0.39 is 6.10 Å². The largest absolute Gasteiger partial charge is 0.479 e. The summed E-state index contributed by atoms with van der Waals surface area (Å²) in [6, 6.07) is 8.33. The Hall–Kier alpha value is -2.57. The maximum atomic E-state index is 13.2. The third-order valence-electron chi connectivity index (χ3n) is 6.33. The van der Waals surface area contributed by atoms with Gasteiger partial charge in [0.25, 0.3) is 5.91 Å². The smallest absolute Gasteiger partial charge is 0.263 e. The summed E-state index contributed by atoms with van der Waals surface area (Å²) in [5.41, 5.74) is 3.71. The van der Waals surface area contributed by atoms with Crippen molar-refractivity contribution < 1.29 is 9.53 Å². The van der Waals surface area contributed by atoms with E-state index in [1.807, 2.05) is 35.4 Å². The second-order valence-electron chi connectivity index (χ2n) is 8.37. The topological polar surface area (TPSA) is 61.5 Å². The molecule has 1 fully saturated rings. The molecule has 30 heavy (non-hydrogen) atoms. The Morgan fingerprint density at radius 3 is 2.80 bits per heavy atom. The van der Waals surface area contributed by atoms with E-state index in [1.165, 1.54) is 0 Å². The van der Waals surface area contributed by atoms with E-state index in [-0.39, 0.29) is 5.91 Å². The van der Waals surface area contributed by atoms with E-state index >= 15 is 0 Å². The van der Waals surface area contributed by atoms with Crippen molar-refractivity contribution in [2.24, 2.45) is 0 Å². The Balaban J connectivity index is 1.42. The van der Waals surface area contributed by atoms with Crippen LogP contribution in [-0.4, -0.2) is 65.0 Å². The molecule has 7 heteroatoms. The molecule has 6 nitrogen and oxygen atoms in total. The number of halogens is 1. The number of H-pyrrole nitrogens is 1. The number of carbonyl (C=O) groups excluding carboxylic acids is 1. The first-order chi connectivity index (χ1) is 14.5. The molecule has 0 unspecified atom stereocenters. The van der Waals surface area contributed by atoms with E-state index in [1.54, 1.807) is 6.20 Å². The van der Waals surface area contributed by atoms with Gasteiger partial charge in [-0.05, 0) is 56.8 Å². The lowest BCUT2D eigenvalue weighted by atomic mass is 9.99. The molecule has 2 aliphatic heterocycles. The molecule has 1 amide bonds. The summed E-state index contributed by atoms with van der Waals surface area (Å²) in [4.78, 5) is 24.9. The molecule has 3 aromatic rings. The second kappa shape index (κ2) is 7.60. The van der Waals surface area contributed by atoms with Crippen LogP contribution >= 0.6 is 11.6 Å². The van der Waals surface area contributed by atoms with Crippen LogP contribution in [0.25, 0.3) is 22.2 Å². The standard InChI is InChI=1S/C23H25ClN4O2/c1-27(2)16-5-9-28(10-6-16)23(29)20-12-14-11-15(24)13-19(21(14)30-20)17-3-7-25-22-18(17)4-8-26-22/h3-4,7-8,11,13,16,20H,5-6,9-10,12H2,1-2H3,(H,25,26)/t20-/m1/s1. The molecule has 156 valence electrons. The van der Waals surface area contributed by atoms with Crippen molar-refractivity contribution in [1.29, 1.82) is 0 Å². The lowest BCUT2D eigenvalue weighted by Gasteiger charge is -2.36. The van der Waals surface area contributed by atoms with Gasteiger partial charge < -0.3 is 19.5 Å². The van der Waals surface area contributed by atoms with E-state index in [0.717, 1.165) is 59.4 Å². The summed E-state index contributed by atoms with van der Waals surface area (Å²) in [6.45, 7) is 1.56. The maximum absolute atomic E-state index is 13.2. The van der Waals surface area contributed by atoms with Gasteiger partial charge in [0, 0.05) is 59.5 Å². The summed E-state index contributed by atoms with van der Waals surface area (Å²) >= 11 is 6.45. The minimum Gasteiger partial charge on any atom is -0.479 e. The van der Waals surface area contributed by atoms with Crippen molar-refractivity contribution >= 4 is 28.5 Å². The molecule has 0 aliphatic carbocycles. The van der Waals surface area contributed by atoms with Crippen LogP contribution in [0.1, 0.15) is 18.4 Å². The van der Waals surface area contributed by atoms with Gasteiger partial charge in [-0.3, -0.25) is 4.79 Å². The van der Waals surface area contributed by atoms with Crippen LogP contribution in [0.5, 0.6) is 5.75 Å². The molecule has 0 spiro atoms. The summed E-state index contributed by atoms with van der Waals surface area (Å²) in [6.07, 6.45) is 5.70. The molecule has 0 radical (unpaired) electrons. The predicted molar refractivity (Wildman–Crippen MR) is 118 cm³/mol. The van der Waals surface area contributed by atoms with Crippen molar-refractivity contribution in [3.05, 3.63) is 47.2 Å². The summed E-state index contributed by atoms with van der Waals surface area (Å²) in [7, 11) is 4.20. The predicted octanol–water partition coefficient (Wildman–Crippen LogP) is 3.74. The first-order valence-corrected chi connectivity index (χ1v) is 10.8. The minimum absolute atomic E-state index is 0.0759. The van der Waals surface area contributed by atoms with E-state index in [0.29, 0.717) is 17.5 Å². The van der Waals surface area contributed by atoms with Crippen LogP contribution < -0.4 is 4.74 Å². The number of nitrogens with one attached hydrogen (secondary N) is 1. The van der Waals surface area contributed by atoms with Crippen molar-refractivity contribution in [2.75, 3.05) is 27.2 Å². The number of piperidine rings is 1. The van der Waals surface area contributed by atoms with Crippen LogP contribution in [-0.2, 0) is 11.2 Å². The molecule has 0 saturated carbocycles. The first-order valence-electron chi connectivity index (χ1n) is 10.4. The Kier molecular flexibility index (Phi) is 4.91. The van der Waals surface area contributed by atoms with Crippen LogP contribution in [0.2, 0.25) is 5.02 Å². The molecule has 1 saturated heterocycles. The Bertz CT molecular complexity index is 1100.